The van der Waals surface area contributed by atoms with Crippen LogP contribution in [0.1, 0.15) is 36.2 Å². The van der Waals surface area contributed by atoms with Crippen LogP contribution in [-0.4, -0.2) is 49.5 Å². The summed E-state index contributed by atoms with van der Waals surface area (Å²) in [5, 5.41) is 4.06. The van der Waals surface area contributed by atoms with Crippen molar-refractivity contribution in [3.8, 4) is 11.5 Å². The van der Waals surface area contributed by atoms with Gasteiger partial charge in [0.25, 0.3) is 5.89 Å². The first-order valence-corrected chi connectivity index (χ1v) is 8.53. The Morgan fingerprint density at radius 2 is 2.08 bits per heavy atom. The topological polar surface area (TPSA) is 69.9 Å². The largest absolute Gasteiger partial charge is 0.493 e. The summed E-state index contributed by atoms with van der Waals surface area (Å²) < 4.78 is 21.5. The lowest BCUT2D eigenvalue weighted by atomic mass is 10.1. The Hall–Kier alpha value is -2.12. The minimum Gasteiger partial charge on any atom is -0.493 e. The fourth-order valence-electron chi connectivity index (χ4n) is 2.91. The molecule has 1 aromatic heterocycles. The predicted molar refractivity (Wildman–Crippen MR) is 91.8 cm³/mol. The minimum absolute atomic E-state index is 0.0293. The standard InChI is InChI=1S/C18H25N3O4/c1-21(9-8-13-6-7-14(22-2)16(11-13)23-3)12-17-19-18(25-20-17)15-5-4-10-24-15/h6-7,11,15H,4-5,8-10,12H2,1-3H3/t15-/m1/s1. The second-order valence-electron chi connectivity index (χ2n) is 6.23. The molecule has 7 nitrogen and oxygen atoms in total. The number of likely N-dealkylation sites (N-methyl/N-ethyl adjacent to an activating group) is 1. The van der Waals surface area contributed by atoms with E-state index < -0.39 is 0 Å². The lowest BCUT2D eigenvalue weighted by Crippen LogP contribution is -2.21. The lowest BCUT2D eigenvalue weighted by molar-refractivity contribution is 0.0835. The van der Waals surface area contributed by atoms with Gasteiger partial charge in [-0.25, -0.2) is 0 Å². The second-order valence-corrected chi connectivity index (χ2v) is 6.23. The van der Waals surface area contributed by atoms with Crippen LogP contribution in [0, 0.1) is 0 Å². The molecule has 1 saturated heterocycles. The Kier molecular flexibility index (Phi) is 5.88. The van der Waals surface area contributed by atoms with Gasteiger partial charge in [-0.15, -0.1) is 0 Å². The molecule has 3 rings (SSSR count). The Morgan fingerprint density at radius 3 is 2.80 bits per heavy atom. The highest BCUT2D eigenvalue weighted by molar-refractivity contribution is 5.42. The minimum atomic E-state index is -0.0293. The normalized spacial score (nSPS) is 17.2. The molecule has 136 valence electrons. The number of ether oxygens (including phenoxy) is 3. The highest BCUT2D eigenvalue weighted by atomic mass is 16.5. The van der Waals surface area contributed by atoms with Crippen LogP contribution in [-0.2, 0) is 17.7 Å². The molecule has 1 fully saturated rings. The zero-order valence-corrected chi connectivity index (χ0v) is 15.0. The highest BCUT2D eigenvalue weighted by Gasteiger charge is 2.24. The summed E-state index contributed by atoms with van der Waals surface area (Å²) in [6, 6.07) is 6.00. The van der Waals surface area contributed by atoms with Crippen LogP contribution in [0.5, 0.6) is 11.5 Å². The van der Waals surface area contributed by atoms with Crippen molar-refractivity contribution in [2.45, 2.75) is 31.9 Å². The molecule has 0 amide bonds. The van der Waals surface area contributed by atoms with Crippen molar-refractivity contribution in [1.82, 2.24) is 15.0 Å². The van der Waals surface area contributed by atoms with E-state index in [0.29, 0.717) is 18.3 Å². The highest BCUT2D eigenvalue weighted by Crippen LogP contribution is 2.28. The van der Waals surface area contributed by atoms with E-state index in [1.54, 1.807) is 14.2 Å². The molecule has 2 aromatic rings. The number of benzene rings is 1. The number of rotatable bonds is 8. The van der Waals surface area contributed by atoms with Gasteiger partial charge in [0, 0.05) is 13.2 Å². The molecular weight excluding hydrogens is 322 g/mol. The first kappa shape index (κ1) is 17.7. The summed E-state index contributed by atoms with van der Waals surface area (Å²) in [5.41, 5.74) is 1.19. The molecule has 1 aromatic carbocycles. The molecule has 2 heterocycles. The van der Waals surface area contributed by atoms with Gasteiger partial charge in [-0.1, -0.05) is 11.2 Å². The van der Waals surface area contributed by atoms with Gasteiger partial charge in [-0.05, 0) is 44.0 Å². The second kappa shape index (κ2) is 8.31. The van der Waals surface area contributed by atoms with Gasteiger partial charge in [0.15, 0.2) is 17.3 Å². The third-order valence-electron chi connectivity index (χ3n) is 4.33. The smallest absolute Gasteiger partial charge is 0.255 e. The van der Waals surface area contributed by atoms with Gasteiger partial charge in [0.05, 0.1) is 20.8 Å². The lowest BCUT2D eigenvalue weighted by Gasteiger charge is -2.15. The van der Waals surface area contributed by atoms with Gasteiger partial charge in [0.2, 0.25) is 0 Å². The molecule has 0 bridgehead atoms. The summed E-state index contributed by atoms with van der Waals surface area (Å²) in [7, 11) is 5.33. The molecule has 0 saturated carbocycles. The van der Waals surface area contributed by atoms with Crippen LogP contribution in [0.3, 0.4) is 0 Å². The van der Waals surface area contributed by atoms with Crippen LogP contribution in [0.25, 0.3) is 0 Å². The Bertz CT molecular complexity index is 683. The Balaban J connectivity index is 1.52. The Labute approximate surface area is 147 Å². The molecule has 25 heavy (non-hydrogen) atoms. The maximum absolute atomic E-state index is 5.57. The van der Waals surface area contributed by atoms with Crippen molar-refractivity contribution in [2.24, 2.45) is 0 Å². The molecular formula is C18H25N3O4. The van der Waals surface area contributed by atoms with Crippen molar-refractivity contribution < 1.29 is 18.7 Å². The first-order chi connectivity index (χ1) is 12.2. The zero-order valence-electron chi connectivity index (χ0n) is 15.0. The van der Waals surface area contributed by atoms with E-state index in [1.165, 1.54) is 5.56 Å². The predicted octanol–water partition coefficient (Wildman–Crippen LogP) is 2.61. The van der Waals surface area contributed by atoms with Crippen LogP contribution in [0.2, 0.25) is 0 Å². The zero-order chi connectivity index (χ0) is 17.6. The van der Waals surface area contributed by atoms with Crippen molar-refractivity contribution in [3.63, 3.8) is 0 Å². The maximum atomic E-state index is 5.57. The van der Waals surface area contributed by atoms with Gasteiger partial charge in [-0.3, -0.25) is 4.90 Å². The van der Waals surface area contributed by atoms with Crippen molar-refractivity contribution >= 4 is 0 Å². The van der Waals surface area contributed by atoms with Gasteiger partial charge < -0.3 is 18.7 Å². The molecule has 1 aliphatic heterocycles. The van der Waals surface area contributed by atoms with E-state index in [2.05, 4.69) is 21.1 Å². The van der Waals surface area contributed by atoms with E-state index >= 15 is 0 Å². The number of methoxy groups -OCH3 is 2. The number of nitrogens with zero attached hydrogens (tertiary/aromatic N) is 3. The van der Waals surface area contributed by atoms with Gasteiger partial charge in [-0.2, -0.15) is 4.98 Å². The van der Waals surface area contributed by atoms with E-state index in [-0.39, 0.29) is 6.10 Å². The van der Waals surface area contributed by atoms with E-state index in [4.69, 9.17) is 18.7 Å². The van der Waals surface area contributed by atoms with E-state index in [9.17, 15) is 0 Å². The summed E-state index contributed by atoms with van der Waals surface area (Å²) >= 11 is 0. The number of hydrogen-bond donors (Lipinski definition) is 0. The van der Waals surface area contributed by atoms with Crippen molar-refractivity contribution in [2.75, 3.05) is 34.4 Å². The van der Waals surface area contributed by atoms with Crippen molar-refractivity contribution in [3.05, 3.63) is 35.5 Å². The van der Waals surface area contributed by atoms with Crippen molar-refractivity contribution in [1.29, 1.82) is 0 Å². The average Bonchev–Trinajstić information content (AvgIpc) is 3.31. The SMILES string of the molecule is COc1ccc(CCN(C)Cc2noc([C@H]3CCCO3)n2)cc1OC. The van der Waals surface area contributed by atoms with Crippen LogP contribution >= 0.6 is 0 Å². The third-order valence-corrected chi connectivity index (χ3v) is 4.33. The van der Waals surface area contributed by atoms with Gasteiger partial charge in [0.1, 0.15) is 6.10 Å². The number of hydrogen-bond acceptors (Lipinski definition) is 7. The van der Waals surface area contributed by atoms with Crippen LogP contribution in [0.4, 0.5) is 0 Å². The van der Waals surface area contributed by atoms with Crippen LogP contribution in [0.15, 0.2) is 22.7 Å². The summed E-state index contributed by atoms with van der Waals surface area (Å²) in [6.45, 7) is 2.29. The van der Waals surface area contributed by atoms with Gasteiger partial charge >= 0.3 is 0 Å². The molecule has 0 radical (unpaired) electrons. The van der Waals surface area contributed by atoms with Crippen LogP contribution < -0.4 is 9.47 Å². The van der Waals surface area contributed by atoms with E-state index in [0.717, 1.165) is 43.9 Å². The summed E-state index contributed by atoms with van der Waals surface area (Å²) in [6.07, 6.45) is 2.87. The average molecular weight is 347 g/mol. The molecule has 0 aliphatic carbocycles. The Morgan fingerprint density at radius 1 is 1.24 bits per heavy atom. The monoisotopic (exact) mass is 347 g/mol. The van der Waals surface area contributed by atoms with E-state index in [1.807, 2.05) is 19.2 Å². The molecule has 1 atom stereocenters. The number of aromatic nitrogens is 2. The molecule has 7 heteroatoms. The molecule has 0 N–H and O–H groups in total. The summed E-state index contributed by atoms with van der Waals surface area (Å²) in [5.74, 6) is 2.79. The fourth-order valence-corrected chi connectivity index (χ4v) is 2.91. The maximum Gasteiger partial charge on any atom is 0.255 e. The third kappa shape index (κ3) is 4.49. The molecule has 0 unspecified atom stereocenters. The summed E-state index contributed by atoms with van der Waals surface area (Å²) in [4.78, 5) is 6.62. The quantitative estimate of drug-likeness (QED) is 0.727. The first-order valence-electron chi connectivity index (χ1n) is 8.53. The molecule has 0 spiro atoms. The fraction of sp³-hybridized carbons (Fsp3) is 0.556. The molecule has 1 aliphatic rings.